The fourth-order valence-electron chi connectivity index (χ4n) is 1.78. The molecule has 0 aromatic carbocycles. The van der Waals surface area contributed by atoms with E-state index in [0.29, 0.717) is 24.1 Å². The molecule has 0 saturated heterocycles. The number of hydrogen-bond acceptors (Lipinski definition) is 4. The van der Waals surface area contributed by atoms with E-state index in [1.807, 2.05) is 0 Å². The number of aromatic amines is 1. The van der Waals surface area contributed by atoms with Crippen LogP contribution in [-0.2, 0) is 6.54 Å². The van der Waals surface area contributed by atoms with Crippen molar-refractivity contribution in [1.82, 2.24) is 20.1 Å². The van der Waals surface area contributed by atoms with Gasteiger partial charge >= 0.3 is 0 Å². The average Bonchev–Trinajstić information content (AvgIpc) is 3.00. The maximum Gasteiger partial charge on any atom is 0.255 e. The van der Waals surface area contributed by atoms with Crippen LogP contribution in [0, 0.1) is 11.8 Å². The van der Waals surface area contributed by atoms with E-state index in [9.17, 15) is 4.79 Å². The van der Waals surface area contributed by atoms with Gasteiger partial charge in [-0.05, 0) is 6.07 Å². The first-order valence-electron chi connectivity index (χ1n) is 6.48. The molecule has 2 N–H and O–H groups in total. The smallest absolute Gasteiger partial charge is 0.255 e. The molecule has 0 bridgehead atoms. The zero-order valence-electron chi connectivity index (χ0n) is 11.7. The van der Waals surface area contributed by atoms with Gasteiger partial charge in [0.2, 0.25) is 0 Å². The van der Waals surface area contributed by atoms with Crippen molar-refractivity contribution in [3.63, 3.8) is 0 Å². The van der Waals surface area contributed by atoms with Gasteiger partial charge < -0.3 is 10.0 Å². The summed E-state index contributed by atoms with van der Waals surface area (Å²) >= 11 is 0. The van der Waals surface area contributed by atoms with Crippen LogP contribution in [0.4, 0.5) is 0 Å². The minimum absolute atomic E-state index is 0.0203. The van der Waals surface area contributed by atoms with Crippen molar-refractivity contribution in [2.24, 2.45) is 0 Å². The first kappa shape index (κ1) is 14.8. The number of aliphatic hydroxyl groups excluding tert-OH is 1. The third-order valence-electron chi connectivity index (χ3n) is 2.78. The lowest BCUT2D eigenvalue weighted by Crippen LogP contribution is -2.26. The van der Waals surface area contributed by atoms with Crippen molar-refractivity contribution in [2.75, 3.05) is 13.7 Å². The lowest BCUT2D eigenvalue weighted by Gasteiger charge is -2.16. The molecule has 6 nitrogen and oxygen atoms in total. The van der Waals surface area contributed by atoms with Gasteiger partial charge in [-0.1, -0.05) is 11.8 Å². The van der Waals surface area contributed by atoms with E-state index in [0.717, 1.165) is 5.56 Å². The molecule has 0 aliphatic carbocycles. The van der Waals surface area contributed by atoms with Gasteiger partial charge in [0.25, 0.3) is 5.91 Å². The predicted octanol–water partition coefficient (Wildman–Crippen LogP) is 0.811. The number of nitrogens with zero attached hydrogens (tertiary/aromatic N) is 3. The third-order valence-corrected chi connectivity index (χ3v) is 2.78. The van der Waals surface area contributed by atoms with Crippen LogP contribution in [0.3, 0.4) is 0 Å². The summed E-state index contributed by atoms with van der Waals surface area (Å²) in [6.07, 6.45) is 6.94. The van der Waals surface area contributed by atoms with Crippen molar-refractivity contribution in [3.8, 4) is 11.8 Å². The second-order valence-electron chi connectivity index (χ2n) is 4.51. The fraction of sp³-hybridized carbons (Fsp3) is 0.267. The minimum atomic E-state index is -0.130. The molecular weight excluding hydrogens is 268 g/mol. The summed E-state index contributed by atoms with van der Waals surface area (Å²) < 4.78 is 0. The molecule has 0 radical (unpaired) electrons. The van der Waals surface area contributed by atoms with Crippen LogP contribution >= 0.6 is 0 Å². The van der Waals surface area contributed by atoms with Crippen LogP contribution in [0.25, 0.3) is 0 Å². The van der Waals surface area contributed by atoms with Gasteiger partial charge in [-0.3, -0.25) is 14.9 Å². The number of H-pyrrole nitrogens is 1. The van der Waals surface area contributed by atoms with Crippen LogP contribution in [0.2, 0.25) is 0 Å². The highest BCUT2D eigenvalue weighted by molar-refractivity contribution is 5.94. The highest BCUT2D eigenvalue weighted by Gasteiger charge is 2.13. The maximum absolute atomic E-state index is 12.3. The molecule has 0 fully saturated rings. The minimum Gasteiger partial charge on any atom is -0.395 e. The molecule has 0 spiro atoms. The van der Waals surface area contributed by atoms with E-state index >= 15 is 0 Å². The Bertz CT molecular complexity index is 656. The van der Waals surface area contributed by atoms with E-state index < -0.39 is 0 Å². The van der Waals surface area contributed by atoms with E-state index in [1.54, 1.807) is 36.6 Å². The first-order chi connectivity index (χ1) is 10.2. The number of amides is 1. The van der Waals surface area contributed by atoms with Gasteiger partial charge in [0, 0.05) is 49.7 Å². The number of nitrogens with one attached hydrogen (secondary N) is 1. The number of carbonyl (C=O) groups excluding carboxylic acids is 1. The summed E-state index contributed by atoms with van der Waals surface area (Å²) in [6, 6.07) is 1.70. The van der Waals surface area contributed by atoms with Gasteiger partial charge in [0.05, 0.1) is 18.4 Å². The lowest BCUT2D eigenvalue weighted by atomic mass is 10.2. The molecule has 0 unspecified atom stereocenters. The van der Waals surface area contributed by atoms with E-state index in [1.165, 1.54) is 6.20 Å². The number of pyridine rings is 1. The van der Waals surface area contributed by atoms with Gasteiger partial charge in [-0.25, -0.2) is 0 Å². The SMILES string of the molecule is CN(Cc1cn[nH]c1)C(=O)c1cncc(C#CCCO)c1. The number of aromatic nitrogens is 3. The number of rotatable bonds is 4. The van der Waals surface area contributed by atoms with Crippen molar-refractivity contribution >= 4 is 5.91 Å². The monoisotopic (exact) mass is 284 g/mol. The van der Waals surface area contributed by atoms with Crippen LogP contribution in [-0.4, -0.2) is 44.7 Å². The summed E-state index contributed by atoms with van der Waals surface area (Å²) in [6.45, 7) is 0.488. The highest BCUT2D eigenvalue weighted by atomic mass is 16.2. The van der Waals surface area contributed by atoms with Crippen LogP contribution in [0.5, 0.6) is 0 Å². The maximum atomic E-state index is 12.3. The molecule has 2 aromatic rings. The Balaban J connectivity index is 2.08. The lowest BCUT2D eigenvalue weighted by molar-refractivity contribution is 0.0784. The largest absolute Gasteiger partial charge is 0.395 e. The summed E-state index contributed by atoms with van der Waals surface area (Å²) in [5.41, 5.74) is 2.07. The Labute approximate surface area is 122 Å². The van der Waals surface area contributed by atoms with Crippen molar-refractivity contribution in [2.45, 2.75) is 13.0 Å². The molecular formula is C15H16N4O2. The molecule has 2 aromatic heterocycles. The summed E-state index contributed by atoms with van der Waals surface area (Å²) in [5, 5.41) is 15.3. The zero-order chi connectivity index (χ0) is 15.1. The zero-order valence-corrected chi connectivity index (χ0v) is 11.7. The Morgan fingerprint density at radius 1 is 1.43 bits per heavy atom. The molecule has 0 aliphatic rings. The normalized spacial score (nSPS) is 9.81. The summed E-state index contributed by atoms with van der Waals surface area (Å²) in [7, 11) is 1.72. The van der Waals surface area contributed by atoms with E-state index in [4.69, 9.17) is 5.11 Å². The van der Waals surface area contributed by atoms with Gasteiger partial charge in [0.1, 0.15) is 0 Å². The van der Waals surface area contributed by atoms with Crippen LogP contribution in [0.1, 0.15) is 27.9 Å². The fourth-order valence-corrected chi connectivity index (χ4v) is 1.78. The first-order valence-corrected chi connectivity index (χ1v) is 6.48. The predicted molar refractivity (Wildman–Crippen MR) is 77.2 cm³/mol. The van der Waals surface area contributed by atoms with E-state index in [2.05, 4.69) is 27.0 Å². The molecule has 0 aliphatic heterocycles. The molecule has 6 heteroatoms. The molecule has 21 heavy (non-hydrogen) atoms. The third kappa shape index (κ3) is 4.16. The molecule has 0 saturated carbocycles. The molecule has 1 amide bonds. The number of carbonyl (C=O) groups is 1. The topological polar surface area (TPSA) is 82.1 Å². The van der Waals surface area contributed by atoms with Crippen LogP contribution in [0.15, 0.2) is 30.9 Å². The number of hydrogen-bond donors (Lipinski definition) is 2. The van der Waals surface area contributed by atoms with Crippen molar-refractivity contribution in [1.29, 1.82) is 0 Å². The summed E-state index contributed by atoms with van der Waals surface area (Å²) in [5.74, 6) is 5.54. The van der Waals surface area contributed by atoms with Gasteiger partial charge in [-0.15, -0.1) is 0 Å². The molecule has 0 atom stereocenters. The second kappa shape index (κ2) is 7.22. The van der Waals surface area contributed by atoms with Crippen LogP contribution < -0.4 is 0 Å². The van der Waals surface area contributed by atoms with E-state index in [-0.39, 0.29) is 12.5 Å². The standard InChI is InChI=1S/C15H16N4O2/c1-19(11-13-8-17-18-9-13)15(21)14-6-12(7-16-10-14)4-2-3-5-20/h6-10,20H,3,5,11H2,1H3,(H,17,18). The highest BCUT2D eigenvalue weighted by Crippen LogP contribution is 2.08. The average molecular weight is 284 g/mol. The Hall–Kier alpha value is -2.65. The molecule has 108 valence electrons. The molecule has 2 rings (SSSR count). The Morgan fingerprint density at radius 2 is 2.29 bits per heavy atom. The van der Waals surface area contributed by atoms with Crippen molar-refractivity contribution in [3.05, 3.63) is 47.5 Å². The van der Waals surface area contributed by atoms with Gasteiger partial charge in [-0.2, -0.15) is 5.10 Å². The second-order valence-corrected chi connectivity index (χ2v) is 4.51. The Kier molecular flexibility index (Phi) is 5.07. The van der Waals surface area contributed by atoms with Gasteiger partial charge in [0.15, 0.2) is 0 Å². The molecule has 2 heterocycles. The summed E-state index contributed by atoms with van der Waals surface area (Å²) in [4.78, 5) is 17.9. The van der Waals surface area contributed by atoms with Crippen molar-refractivity contribution < 1.29 is 9.90 Å². The number of aliphatic hydroxyl groups is 1. The Morgan fingerprint density at radius 3 is 3.00 bits per heavy atom. The quantitative estimate of drug-likeness (QED) is 0.814.